The van der Waals surface area contributed by atoms with Crippen LogP contribution in [0.25, 0.3) is 11.0 Å². The molecule has 2 aromatic heterocycles. The maximum Gasteiger partial charge on any atom is 0.108 e. The van der Waals surface area contributed by atoms with Crippen LogP contribution in [0.3, 0.4) is 0 Å². The Bertz CT molecular complexity index is 595. The van der Waals surface area contributed by atoms with Crippen molar-refractivity contribution in [1.29, 1.82) is 0 Å². The van der Waals surface area contributed by atoms with Crippen LogP contribution >= 0.6 is 40.7 Å². The van der Waals surface area contributed by atoms with Gasteiger partial charge in [0, 0.05) is 12.6 Å². The monoisotopic (exact) mass is 410 g/mol. The molecule has 1 fully saturated rings. The van der Waals surface area contributed by atoms with Gasteiger partial charge in [0.25, 0.3) is 0 Å². The molecular formula is C14H21BrCl2N4O. The van der Waals surface area contributed by atoms with Crippen molar-refractivity contribution in [1.82, 2.24) is 19.9 Å². The molecule has 0 unspecified atom stereocenters. The number of aliphatic hydroxyl groups is 1. The second-order valence-corrected chi connectivity index (χ2v) is 6.16. The molecule has 1 aliphatic heterocycles. The normalized spacial score (nSPS) is 21.2. The Hall–Kier alpha value is -0.400. The van der Waals surface area contributed by atoms with Crippen molar-refractivity contribution in [2.45, 2.75) is 44.4 Å². The highest BCUT2D eigenvalue weighted by molar-refractivity contribution is 9.10. The summed E-state index contributed by atoms with van der Waals surface area (Å²) < 4.78 is 2.94. The van der Waals surface area contributed by atoms with Crippen LogP contribution < -0.4 is 5.32 Å². The maximum atomic E-state index is 9.93. The number of rotatable bonds is 4. The molecule has 3 heterocycles. The molecule has 2 aromatic rings. The Kier molecular flexibility index (Phi) is 8.07. The van der Waals surface area contributed by atoms with Crippen LogP contribution in [0.1, 0.15) is 25.7 Å². The lowest BCUT2D eigenvalue weighted by Gasteiger charge is -2.28. The van der Waals surface area contributed by atoms with Crippen LogP contribution in [0.2, 0.25) is 0 Å². The SMILES string of the molecule is Cl.Cl.O[C@H]1CCCN[C@@H]1CCCn1cnc2cc(Br)ncc21. The fourth-order valence-corrected chi connectivity index (χ4v) is 3.14. The number of nitrogens with one attached hydrogen (secondary N) is 1. The van der Waals surface area contributed by atoms with Gasteiger partial charge < -0.3 is 15.0 Å². The lowest BCUT2D eigenvalue weighted by atomic mass is 9.97. The minimum atomic E-state index is -0.194. The Morgan fingerprint density at radius 2 is 2.18 bits per heavy atom. The van der Waals surface area contributed by atoms with E-state index in [0.717, 1.165) is 54.4 Å². The average Bonchev–Trinajstić information content (AvgIpc) is 2.83. The summed E-state index contributed by atoms with van der Waals surface area (Å²) in [6.07, 6.45) is 7.53. The summed E-state index contributed by atoms with van der Waals surface area (Å²) >= 11 is 3.36. The number of hydrogen-bond donors (Lipinski definition) is 2. The Balaban J connectivity index is 0.00000121. The second kappa shape index (κ2) is 9.03. The average molecular weight is 412 g/mol. The smallest absolute Gasteiger partial charge is 0.108 e. The van der Waals surface area contributed by atoms with Crippen molar-refractivity contribution in [2.24, 2.45) is 0 Å². The zero-order valence-corrected chi connectivity index (χ0v) is 15.3. The van der Waals surface area contributed by atoms with E-state index in [-0.39, 0.29) is 37.0 Å². The molecule has 124 valence electrons. The van der Waals surface area contributed by atoms with E-state index in [2.05, 4.69) is 35.8 Å². The van der Waals surface area contributed by atoms with Gasteiger partial charge in [0.1, 0.15) is 4.60 Å². The van der Waals surface area contributed by atoms with E-state index >= 15 is 0 Å². The predicted molar refractivity (Wildman–Crippen MR) is 96.0 cm³/mol. The number of aliphatic hydroxyl groups excluding tert-OH is 1. The molecule has 3 rings (SSSR count). The highest BCUT2D eigenvalue weighted by atomic mass is 79.9. The quantitative estimate of drug-likeness (QED) is 0.759. The third-order valence-corrected chi connectivity index (χ3v) is 4.37. The summed E-state index contributed by atoms with van der Waals surface area (Å²) in [5.41, 5.74) is 2.02. The fraction of sp³-hybridized carbons (Fsp3) is 0.571. The first-order valence-electron chi connectivity index (χ1n) is 7.12. The van der Waals surface area contributed by atoms with Crippen molar-refractivity contribution >= 4 is 51.8 Å². The van der Waals surface area contributed by atoms with E-state index in [1.165, 1.54) is 0 Å². The fourth-order valence-electron chi connectivity index (χ4n) is 2.82. The number of aromatic nitrogens is 3. The van der Waals surface area contributed by atoms with Crippen molar-refractivity contribution in [3.8, 4) is 0 Å². The topological polar surface area (TPSA) is 63.0 Å². The number of hydrogen-bond acceptors (Lipinski definition) is 4. The molecule has 0 aliphatic carbocycles. The van der Waals surface area contributed by atoms with Gasteiger partial charge in [0.15, 0.2) is 0 Å². The zero-order valence-electron chi connectivity index (χ0n) is 12.1. The highest BCUT2D eigenvalue weighted by Crippen LogP contribution is 2.18. The summed E-state index contributed by atoms with van der Waals surface area (Å²) in [7, 11) is 0. The van der Waals surface area contributed by atoms with Gasteiger partial charge in [-0.15, -0.1) is 24.8 Å². The van der Waals surface area contributed by atoms with Crippen LogP contribution in [0.15, 0.2) is 23.2 Å². The van der Waals surface area contributed by atoms with E-state index in [0.29, 0.717) is 0 Å². The van der Waals surface area contributed by atoms with Crippen molar-refractivity contribution in [3.63, 3.8) is 0 Å². The van der Waals surface area contributed by atoms with E-state index in [1.807, 2.05) is 18.6 Å². The van der Waals surface area contributed by atoms with Crippen LogP contribution in [-0.4, -0.2) is 38.3 Å². The molecular weight excluding hydrogens is 391 g/mol. The van der Waals surface area contributed by atoms with Gasteiger partial charge in [-0.2, -0.15) is 0 Å². The molecule has 8 heteroatoms. The highest BCUT2D eigenvalue weighted by Gasteiger charge is 2.21. The number of aryl methyl sites for hydroxylation is 1. The summed E-state index contributed by atoms with van der Waals surface area (Å²) in [5.74, 6) is 0. The maximum absolute atomic E-state index is 9.93. The minimum Gasteiger partial charge on any atom is -0.392 e. The minimum absolute atomic E-state index is 0. The largest absolute Gasteiger partial charge is 0.392 e. The number of fused-ring (bicyclic) bond motifs is 1. The molecule has 0 saturated carbocycles. The number of pyridine rings is 1. The molecule has 22 heavy (non-hydrogen) atoms. The molecule has 2 atom stereocenters. The Morgan fingerprint density at radius 1 is 1.36 bits per heavy atom. The number of imidazole rings is 1. The lowest BCUT2D eigenvalue weighted by molar-refractivity contribution is 0.0909. The van der Waals surface area contributed by atoms with E-state index in [1.54, 1.807) is 0 Å². The van der Waals surface area contributed by atoms with Gasteiger partial charge >= 0.3 is 0 Å². The summed E-state index contributed by atoms with van der Waals surface area (Å²) in [5, 5.41) is 13.3. The first-order chi connectivity index (χ1) is 9.74. The van der Waals surface area contributed by atoms with E-state index in [4.69, 9.17) is 0 Å². The Morgan fingerprint density at radius 3 is 2.95 bits per heavy atom. The van der Waals surface area contributed by atoms with Crippen LogP contribution in [0.4, 0.5) is 0 Å². The van der Waals surface area contributed by atoms with Crippen molar-refractivity contribution in [2.75, 3.05) is 6.54 Å². The van der Waals surface area contributed by atoms with Gasteiger partial charge in [-0.05, 0) is 54.2 Å². The number of nitrogens with zero attached hydrogens (tertiary/aromatic N) is 3. The van der Waals surface area contributed by atoms with Crippen molar-refractivity contribution in [3.05, 3.63) is 23.2 Å². The van der Waals surface area contributed by atoms with Gasteiger partial charge in [0.2, 0.25) is 0 Å². The zero-order chi connectivity index (χ0) is 13.9. The lowest BCUT2D eigenvalue weighted by Crippen LogP contribution is -2.44. The van der Waals surface area contributed by atoms with Crippen LogP contribution in [0, 0.1) is 0 Å². The molecule has 1 aliphatic rings. The third-order valence-electron chi connectivity index (χ3n) is 3.94. The summed E-state index contributed by atoms with van der Waals surface area (Å²) in [6.45, 7) is 1.93. The standard InChI is InChI=1S/C14H19BrN4O.2ClH/c15-14-7-11-12(8-17-14)19(9-18-11)6-2-3-10-13(20)4-1-5-16-10;;/h7-10,13,16,20H,1-6H2;2*1H/t10-,13+;;/m1../s1. The summed E-state index contributed by atoms with van der Waals surface area (Å²) in [4.78, 5) is 8.64. The Labute approximate surface area is 150 Å². The molecule has 2 N–H and O–H groups in total. The number of piperidine rings is 1. The number of halogens is 3. The first kappa shape index (κ1) is 19.6. The van der Waals surface area contributed by atoms with Gasteiger partial charge in [-0.25, -0.2) is 9.97 Å². The molecule has 5 nitrogen and oxygen atoms in total. The molecule has 0 spiro atoms. The van der Waals surface area contributed by atoms with Crippen LogP contribution in [0.5, 0.6) is 0 Å². The van der Waals surface area contributed by atoms with Gasteiger partial charge in [0.05, 0.1) is 29.7 Å². The predicted octanol–water partition coefficient (Wildman–Crippen LogP) is 2.93. The third kappa shape index (κ3) is 4.55. The summed E-state index contributed by atoms with van der Waals surface area (Å²) in [6, 6.07) is 2.17. The van der Waals surface area contributed by atoms with Crippen molar-refractivity contribution < 1.29 is 5.11 Å². The van der Waals surface area contributed by atoms with Gasteiger partial charge in [-0.3, -0.25) is 0 Å². The molecule has 0 bridgehead atoms. The molecule has 0 radical (unpaired) electrons. The first-order valence-corrected chi connectivity index (χ1v) is 7.91. The molecule has 1 saturated heterocycles. The molecule has 0 amide bonds. The van der Waals surface area contributed by atoms with Gasteiger partial charge in [-0.1, -0.05) is 0 Å². The van der Waals surface area contributed by atoms with E-state index in [9.17, 15) is 5.11 Å². The van der Waals surface area contributed by atoms with Crippen LogP contribution in [-0.2, 0) is 6.54 Å². The molecule has 0 aromatic carbocycles. The second-order valence-electron chi connectivity index (χ2n) is 5.35. The van der Waals surface area contributed by atoms with E-state index < -0.39 is 0 Å².